The molecule has 2 nitrogen and oxygen atoms in total. The molecule has 2 heteroatoms. The molecular formula is C9H18O2. The lowest BCUT2D eigenvalue weighted by atomic mass is 9.97. The standard InChI is InChI=1S/C9H18O2/c1-4-8(10)9-6(2)5-7(3)11-9/h6-10H,4-5H2,1-3H3/t6-,7-,8-,9-/m0/s1. The molecule has 4 atom stereocenters. The van der Waals surface area contributed by atoms with Gasteiger partial charge in [0.05, 0.1) is 18.3 Å². The zero-order valence-corrected chi connectivity index (χ0v) is 7.58. The molecule has 0 bridgehead atoms. The molecule has 1 saturated heterocycles. The van der Waals surface area contributed by atoms with E-state index in [2.05, 4.69) is 13.8 Å². The summed E-state index contributed by atoms with van der Waals surface area (Å²) < 4.78 is 5.58. The van der Waals surface area contributed by atoms with Crippen molar-refractivity contribution in [2.75, 3.05) is 0 Å². The first kappa shape index (κ1) is 9.01. The molecule has 0 aromatic rings. The van der Waals surface area contributed by atoms with Crippen LogP contribution in [0.25, 0.3) is 0 Å². The average molecular weight is 158 g/mol. The molecule has 0 amide bonds. The first-order valence-electron chi connectivity index (χ1n) is 4.48. The Labute approximate surface area is 68.6 Å². The van der Waals surface area contributed by atoms with Gasteiger partial charge >= 0.3 is 0 Å². The second-order valence-electron chi connectivity index (χ2n) is 3.60. The van der Waals surface area contributed by atoms with E-state index in [9.17, 15) is 5.11 Å². The zero-order chi connectivity index (χ0) is 8.43. The van der Waals surface area contributed by atoms with E-state index in [1.54, 1.807) is 0 Å². The summed E-state index contributed by atoms with van der Waals surface area (Å²) >= 11 is 0. The molecule has 0 spiro atoms. The van der Waals surface area contributed by atoms with Crippen molar-refractivity contribution in [3.05, 3.63) is 0 Å². The van der Waals surface area contributed by atoms with E-state index in [0.29, 0.717) is 12.0 Å². The van der Waals surface area contributed by atoms with Crippen LogP contribution in [0.1, 0.15) is 33.6 Å². The lowest BCUT2D eigenvalue weighted by Crippen LogP contribution is -2.29. The van der Waals surface area contributed by atoms with E-state index in [4.69, 9.17) is 4.74 Å². The number of ether oxygens (including phenoxy) is 1. The summed E-state index contributed by atoms with van der Waals surface area (Å²) in [6, 6.07) is 0. The minimum atomic E-state index is -0.269. The lowest BCUT2D eigenvalue weighted by Gasteiger charge is -2.19. The first-order valence-corrected chi connectivity index (χ1v) is 4.48. The molecule has 0 unspecified atom stereocenters. The third-order valence-electron chi connectivity index (χ3n) is 2.45. The molecule has 1 aliphatic heterocycles. The van der Waals surface area contributed by atoms with Crippen LogP contribution < -0.4 is 0 Å². The highest BCUT2D eigenvalue weighted by molar-refractivity contribution is 4.82. The summed E-state index contributed by atoms with van der Waals surface area (Å²) in [5, 5.41) is 9.52. The molecule has 1 heterocycles. The van der Waals surface area contributed by atoms with Gasteiger partial charge in [-0.3, -0.25) is 0 Å². The summed E-state index contributed by atoms with van der Waals surface area (Å²) in [5.74, 6) is 0.514. The number of rotatable bonds is 2. The molecule has 11 heavy (non-hydrogen) atoms. The van der Waals surface area contributed by atoms with Gasteiger partial charge in [-0.1, -0.05) is 13.8 Å². The van der Waals surface area contributed by atoms with Crippen molar-refractivity contribution < 1.29 is 9.84 Å². The maximum Gasteiger partial charge on any atom is 0.0863 e. The van der Waals surface area contributed by atoms with Crippen molar-refractivity contribution in [3.63, 3.8) is 0 Å². The van der Waals surface area contributed by atoms with Crippen molar-refractivity contribution in [1.82, 2.24) is 0 Å². The number of aliphatic hydroxyl groups excluding tert-OH is 1. The van der Waals surface area contributed by atoms with Gasteiger partial charge in [-0.15, -0.1) is 0 Å². The van der Waals surface area contributed by atoms with Crippen molar-refractivity contribution in [3.8, 4) is 0 Å². The van der Waals surface area contributed by atoms with Gasteiger partial charge in [-0.2, -0.15) is 0 Å². The Morgan fingerprint density at radius 3 is 2.55 bits per heavy atom. The average Bonchev–Trinajstić information content (AvgIpc) is 2.28. The summed E-state index contributed by atoms with van der Waals surface area (Å²) in [7, 11) is 0. The van der Waals surface area contributed by atoms with Crippen molar-refractivity contribution in [2.45, 2.75) is 51.9 Å². The van der Waals surface area contributed by atoms with Crippen molar-refractivity contribution >= 4 is 0 Å². The fourth-order valence-corrected chi connectivity index (χ4v) is 1.82. The highest BCUT2D eigenvalue weighted by Crippen LogP contribution is 2.28. The predicted octanol–water partition coefficient (Wildman–Crippen LogP) is 1.57. The molecular weight excluding hydrogens is 140 g/mol. The number of aliphatic hydroxyl groups is 1. The third-order valence-corrected chi connectivity index (χ3v) is 2.45. The minimum Gasteiger partial charge on any atom is -0.390 e. The van der Waals surface area contributed by atoms with E-state index >= 15 is 0 Å². The minimum absolute atomic E-state index is 0.0787. The van der Waals surface area contributed by atoms with Crippen LogP contribution in [-0.2, 0) is 4.74 Å². The molecule has 1 fully saturated rings. The smallest absolute Gasteiger partial charge is 0.0863 e. The quantitative estimate of drug-likeness (QED) is 0.661. The largest absolute Gasteiger partial charge is 0.390 e. The Balaban J connectivity index is 2.45. The molecule has 0 saturated carbocycles. The van der Waals surface area contributed by atoms with Gasteiger partial charge in [0, 0.05) is 0 Å². The van der Waals surface area contributed by atoms with Gasteiger partial charge in [0.1, 0.15) is 0 Å². The Kier molecular flexibility index (Phi) is 2.90. The van der Waals surface area contributed by atoms with Crippen molar-refractivity contribution in [2.24, 2.45) is 5.92 Å². The Morgan fingerprint density at radius 1 is 1.55 bits per heavy atom. The summed E-state index contributed by atoms with van der Waals surface area (Å²) in [6.45, 7) is 6.20. The van der Waals surface area contributed by atoms with Crippen LogP contribution in [0.5, 0.6) is 0 Å². The van der Waals surface area contributed by atoms with Crippen LogP contribution >= 0.6 is 0 Å². The van der Waals surface area contributed by atoms with Gasteiger partial charge in [-0.05, 0) is 25.7 Å². The van der Waals surface area contributed by atoms with E-state index in [1.165, 1.54) is 0 Å². The van der Waals surface area contributed by atoms with Gasteiger partial charge < -0.3 is 9.84 Å². The van der Waals surface area contributed by atoms with Crippen LogP contribution in [0.3, 0.4) is 0 Å². The molecule has 1 aliphatic rings. The maximum absolute atomic E-state index is 9.52. The first-order chi connectivity index (χ1) is 5.15. The maximum atomic E-state index is 9.52. The fraction of sp³-hybridized carbons (Fsp3) is 1.00. The fourth-order valence-electron chi connectivity index (χ4n) is 1.82. The van der Waals surface area contributed by atoms with Crippen molar-refractivity contribution in [1.29, 1.82) is 0 Å². The van der Waals surface area contributed by atoms with E-state index in [0.717, 1.165) is 12.8 Å². The third kappa shape index (κ3) is 1.94. The Bertz CT molecular complexity index is 121. The monoisotopic (exact) mass is 158 g/mol. The lowest BCUT2D eigenvalue weighted by molar-refractivity contribution is -0.0409. The van der Waals surface area contributed by atoms with Crippen LogP contribution in [0.4, 0.5) is 0 Å². The van der Waals surface area contributed by atoms with Crippen LogP contribution in [0, 0.1) is 5.92 Å². The van der Waals surface area contributed by atoms with E-state index < -0.39 is 0 Å². The molecule has 0 aromatic heterocycles. The number of hydrogen-bond acceptors (Lipinski definition) is 2. The Morgan fingerprint density at radius 2 is 2.18 bits per heavy atom. The number of hydrogen-bond donors (Lipinski definition) is 1. The van der Waals surface area contributed by atoms with Crippen LogP contribution in [-0.4, -0.2) is 23.4 Å². The van der Waals surface area contributed by atoms with Crippen LogP contribution in [0.15, 0.2) is 0 Å². The zero-order valence-electron chi connectivity index (χ0n) is 7.58. The molecule has 66 valence electrons. The SMILES string of the molecule is CC[C@H](O)[C@H]1O[C@@H](C)C[C@@H]1C. The van der Waals surface area contributed by atoms with Crippen LogP contribution in [0.2, 0.25) is 0 Å². The van der Waals surface area contributed by atoms with Gasteiger partial charge in [0.2, 0.25) is 0 Å². The summed E-state index contributed by atoms with van der Waals surface area (Å²) in [6.07, 6.45) is 2.02. The second-order valence-corrected chi connectivity index (χ2v) is 3.60. The Hall–Kier alpha value is -0.0800. The van der Waals surface area contributed by atoms with E-state index in [1.807, 2.05) is 6.92 Å². The second kappa shape index (κ2) is 3.55. The van der Waals surface area contributed by atoms with Gasteiger partial charge in [0.25, 0.3) is 0 Å². The van der Waals surface area contributed by atoms with E-state index in [-0.39, 0.29) is 12.2 Å². The molecule has 0 aromatic carbocycles. The summed E-state index contributed by atoms with van der Waals surface area (Å²) in [4.78, 5) is 0. The highest BCUT2D eigenvalue weighted by atomic mass is 16.5. The molecule has 1 rings (SSSR count). The summed E-state index contributed by atoms with van der Waals surface area (Å²) in [5.41, 5.74) is 0. The highest BCUT2D eigenvalue weighted by Gasteiger charge is 2.33. The van der Waals surface area contributed by atoms with Gasteiger partial charge in [-0.25, -0.2) is 0 Å². The normalized spacial score (nSPS) is 40.9. The topological polar surface area (TPSA) is 29.5 Å². The van der Waals surface area contributed by atoms with Gasteiger partial charge in [0.15, 0.2) is 0 Å². The predicted molar refractivity (Wildman–Crippen MR) is 44.4 cm³/mol. The molecule has 0 aliphatic carbocycles. The molecule has 1 N–H and O–H groups in total. The molecule has 0 radical (unpaired) electrons.